The van der Waals surface area contributed by atoms with Crippen LogP contribution in [0.25, 0.3) is 17.2 Å². The van der Waals surface area contributed by atoms with Crippen LogP contribution in [0.3, 0.4) is 0 Å². The molecule has 2 aromatic heterocycles. The van der Waals surface area contributed by atoms with Crippen molar-refractivity contribution >= 4 is 27.4 Å². The van der Waals surface area contributed by atoms with E-state index in [1.807, 2.05) is 6.07 Å². The normalized spacial score (nSPS) is 11.1. The highest BCUT2D eigenvalue weighted by molar-refractivity contribution is 9.10. The number of nitrogens with one attached hydrogen (secondary N) is 1. The fraction of sp³-hybridized carbons (Fsp3) is 0.0833. The molecule has 7 heteroatoms. The molecule has 1 aromatic carbocycles. The highest BCUT2D eigenvalue weighted by Crippen LogP contribution is 2.27. The lowest BCUT2D eigenvalue weighted by molar-refractivity contribution is 0.892. The predicted octanol–water partition coefficient (Wildman–Crippen LogP) is 1.74. The van der Waals surface area contributed by atoms with Gasteiger partial charge in [0.1, 0.15) is 0 Å². The molecule has 3 aromatic rings. The minimum absolute atomic E-state index is 0.193. The van der Waals surface area contributed by atoms with Gasteiger partial charge in [0, 0.05) is 27.5 Å². The van der Waals surface area contributed by atoms with E-state index in [-0.39, 0.29) is 5.56 Å². The molecule has 0 atom stereocenters. The first kappa shape index (κ1) is 11.9. The molecule has 3 rings (SSSR count). The van der Waals surface area contributed by atoms with Gasteiger partial charge < -0.3 is 5.73 Å². The summed E-state index contributed by atoms with van der Waals surface area (Å²) in [6.45, 7) is 1.76. The summed E-state index contributed by atoms with van der Waals surface area (Å²) in [5, 5.41) is 2.92. The topological polar surface area (TPSA) is 89.1 Å². The van der Waals surface area contributed by atoms with Crippen LogP contribution < -0.4 is 11.3 Å². The van der Waals surface area contributed by atoms with Gasteiger partial charge in [-0.05, 0) is 25.1 Å². The van der Waals surface area contributed by atoms with Crippen molar-refractivity contribution in [3.05, 3.63) is 44.8 Å². The standard InChI is InChI=1S/C12H10BrN5O/c1-6-4-10(19)18-12(15-6)16-11(17-18)8-5-7(14)2-3-9(8)13/h2-5H,14H2,1H3,(H,15,16,17). The van der Waals surface area contributed by atoms with Crippen molar-refractivity contribution in [2.24, 2.45) is 0 Å². The van der Waals surface area contributed by atoms with Gasteiger partial charge in [0.25, 0.3) is 11.3 Å². The summed E-state index contributed by atoms with van der Waals surface area (Å²) < 4.78 is 2.14. The number of benzene rings is 1. The number of H-pyrrole nitrogens is 1. The number of aryl methyl sites for hydroxylation is 1. The minimum Gasteiger partial charge on any atom is -0.399 e. The Bertz CT molecular complexity index is 836. The molecule has 0 aliphatic heterocycles. The summed E-state index contributed by atoms with van der Waals surface area (Å²) >= 11 is 3.43. The average molecular weight is 320 g/mol. The molecule has 2 heterocycles. The van der Waals surface area contributed by atoms with E-state index in [0.29, 0.717) is 23.0 Å². The summed E-state index contributed by atoms with van der Waals surface area (Å²) in [6.07, 6.45) is 0. The van der Waals surface area contributed by atoms with Gasteiger partial charge in [-0.2, -0.15) is 9.50 Å². The molecule has 0 fully saturated rings. The molecule has 0 radical (unpaired) electrons. The number of halogens is 1. The van der Waals surface area contributed by atoms with E-state index in [1.165, 1.54) is 10.6 Å². The van der Waals surface area contributed by atoms with Crippen LogP contribution in [-0.4, -0.2) is 19.6 Å². The molecule has 0 bridgehead atoms. The van der Waals surface area contributed by atoms with E-state index in [0.717, 1.165) is 10.0 Å². The number of nitrogen functional groups attached to an aromatic ring is 1. The summed E-state index contributed by atoms with van der Waals surface area (Å²) in [5.74, 6) is 0.878. The zero-order chi connectivity index (χ0) is 13.6. The summed E-state index contributed by atoms with van der Waals surface area (Å²) in [7, 11) is 0. The Hall–Kier alpha value is -2.15. The Morgan fingerprint density at radius 2 is 2.11 bits per heavy atom. The monoisotopic (exact) mass is 319 g/mol. The first-order valence-corrected chi connectivity index (χ1v) is 6.36. The minimum atomic E-state index is -0.193. The molecule has 0 spiro atoms. The van der Waals surface area contributed by atoms with Gasteiger partial charge in [-0.3, -0.25) is 9.89 Å². The number of nitrogens with two attached hydrogens (primary N) is 1. The maximum absolute atomic E-state index is 11.8. The van der Waals surface area contributed by atoms with E-state index >= 15 is 0 Å². The Balaban J connectivity index is 2.29. The van der Waals surface area contributed by atoms with Gasteiger partial charge in [0.05, 0.1) is 0 Å². The summed E-state index contributed by atoms with van der Waals surface area (Å²) in [5.41, 5.74) is 7.61. The predicted molar refractivity (Wildman–Crippen MR) is 75.9 cm³/mol. The number of hydrogen-bond donors (Lipinski definition) is 2. The molecule has 96 valence electrons. The number of anilines is 1. The number of hydrogen-bond acceptors (Lipinski definition) is 4. The summed E-state index contributed by atoms with van der Waals surface area (Å²) in [4.78, 5) is 20.3. The number of nitrogens with zero attached hydrogens (tertiary/aromatic N) is 3. The Morgan fingerprint density at radius 3 is 2.89 bits per heavy atom. The number of fused-ring (bicyclic) bond motifs is 1. The highest BCUT2D eigenvalue weighted by atomic mass is 79.9. The van der Waals surface area contributed by atoms with Crippen LogP contribution in [0.5, 0.6) is 0 Å². The molecule has 0 saturated heterocycles. The Kier molecular flexibility index (Phi) is 2.63. The zero-order valence-electron chi connectivity index (χ0n) is 10.0. The van der Waals surface area contributed by atoms with E-state index in [4.69, 9.17) is 5.73 Å². The first-order chi connectivity index (χ1) is 9.04. The quantitative estimate of drug-likeness (QED) is 0.668. The van der Waals surface area contributed by atoms with Crippen molar-refractivity contribution in [2.45, 2.75) is 6.92 Å². The number of aromatic amines is 1. The third kappa shape index (κ3) is 2.01. The second-order valence-corrected chi connectivity index (χ2v) is 5.04. The molecule has 6 nitrogen and oxygen atoms in total. The van der Waals surface area contributed by atoms with E-state index in [9.17, 15) is 4.79 Å². The lowest BCUT2D eigenvalue weighted by Gasteiger charge is -2.01. The molecular weight excluding hydrogens is 310 g/mol. The van der Waals surface area contributed by atoms with Crippen LogP contribution >= 0.6 is 15.9 Å². The fourth-order valence-electron chi connectivity index (χ4n) is 1.84. The van der Waals surface area contributed by atoms with Gasteiger partial charge in [-0.15, -0.1) is 0 Å². The first-order valence-electron chi connectivity index (χ1n) is 5.56. The molecular formula is C12H10BrN5O. The number of aromatic nitrogens is 4. The van der Waals surface area contributed by atoms with Crippen LogP contribution in [0.15, 0.2) is 33.5 Å². The van der Waals surface area contributed by atoms with Crippen molar-refractivity contribution in [1.29, 1.82) is 0 Å². The van der Waals surface area contributed by atoms with Crippen LogP contribution in [0.4, 0.5) is 5.69 Å². The van der Waals surface area contributed by atoms with Crippen LogP contribution in [-0.2, 0) is 0 Å². The van der Waals surface area contributed by atoms with Crippen molar-refractivity contribution in [3.63, 3.8) is 0 Å². The highest BCUT2D eigenvalue weighted by Gasteiger charge is 2.11. The lowest BCUT2D eigenvalue weighted by Crippen LogP contribution is -2.14. The van der Waals surface area contributed by atoms with E-state index in [2.05, 4.69) is 31.0 Å². The molecule has 0 amide bonds. The molecule has 0 aliphatic carbocycles. The Morgan fingerprint density at radius 1 is 1.32 bits per heavy atom. The molecule has 19 heavy (non-hydrogen) atoms. The van der Waals surface area contributed by atoms with Gasteiger partial charge in [0.15, 0.2) is 5.82 Å². The summed E-state index contributed by atoms with van der Waals surface area (Å²) in [6, 6.07) is 6.84. The molecule has 0 aliphatic rings. The smallest absolute Gasteiger partial charge is 0.274 e. The third-order valence-corrected chi connectivity index (χ3v) is 3.40. The van der Waals surface area contributed by atoms with Gasteiger partial charge >= 0.3 is 0 Å². The maximum Gasteiger partial charge on any atom is 0.274 e. The number of rotatable bonds is 1. The van der Waals surface area contributed by atoms with Crippen molar-refractivity contribution in [1.82, 2.24) is 19.6 Å². The van der Waals surface area contributed by atoms with Gasteiger partial charge in [-0.25, -0.2) is 4.98 Å². The van der Waals surface area contributed by atoms with Crippen LogP contribution in [0.1, 0.15) is 5.69 Å². The molecule has 3 N–H and O–H groups in total. The second kappa shape index (κ2) is 4.20. The SMILES string of the molecule is Cc1cc(=O)n2[nH]c(-c3cc(N)ccc3Br)nc2n1. The lowest BCUT2D eigenvalue weighted by atomic mass is 10.2. The fourth-order valence-corrected chi connectivity index (χ4v) is 2.27. The largest absolute Gasteiger partial charge is 0.399 e. The van der Waals surface area contributed by atoms with Crippen molar-refractivity contribution < 1.29 is 0 Å². The van der Waals surface area contributed by atoms with Crippen LogP contribution in [0.2, 0.25) is 0 Å². The molecule has 0 unspecified atom stereocenters. The second-order valence-electron chi connectivity index (χ2n) is 4.18. The maximum atomic E-state index is 11.8. The van der Waals surface area contributed by atoms with E-state index < -0.39 is 0 Å². The third-order valence-electron chi connectivity index (χ3n) is 2.70. The zero-order valence-corrected chi connectivity index (χ0v) is 11.6. The Labute approximate surface area is 116 Å². The van der Waals surface area contributed by atoms with Crippen molar-refractivity contribution in [2.75, 3.05) is 5.73 Å². The van der Waals surface area contributed by atoms with Crippen molar-refractivity contribution in [3.8, 4) is 11.4 Å². The average Bonchev–Trinajstić information content (AvgIpc) is 2.76. The molecule has 0 saturated carbocycles. The van der Waals surface area contributed by atoms with Gasteiger partial charge in [0.2, 0.25) is 0 Å². The van der Waals surface area contributed by atoms with Crippen LogP contribution in [0, 0.1) is 6.92 Å². The van der Waals surface area contributed by atoms with Gasteiger partial charge in [-0.1, -0.05) is 15.9 Å². The van der Waals surface area contributed by atoms with E-state index in [1.54, 1.807) is 19.1 Å².